The van der Waals surface area contributed by atoms with Crippen LogP contribution in [0.4, 0.5) is 0 Å². The summed E-state index contributed by atoms with van der Waals surface area (Å²) in [6.07, 6.45) is -0.409. The summed E-state index contributed by atoms with van der Waals surface area (Å²) < 4.78 is 10.1. The molecule has 1 aromatic carbocycles. The third-order valence-corrected chi connectivity index (χ3v) is 4.59. The van der Waals surface area contributed by atoms with Gasteiger partial charge < -0.3 is 9.47 Å². The van der Waals surface area contributed by atoms with Crippen LogP contribution >= 0.6 is 11.8 Å². The Morgan fingerprint density at radius 2 is 2.00 bits per heavy atom. The number of nitrogens with zero attached hydrogens (tertiary/aromatic N) is 2. The highest BCUT2D eigenvalue weighted by Crippen LogP contribution is 2.23. The lowest BCUT2D eigenvalue weighted by Crippen LogP contribution is -2.23. The molecule has 3 rings (SSSR count). The van der Waals surface area contributed by atoms with Crippen LogP contribution < -0.4 is 0 Å². The number of hydrogen-bond donors (Lipinski definition) is 0. The molecule has 25 heavy (non-hydrogen) atoms. The minimum atomic E-state index is -0.809. The average molecular weight is 358 g/mol. The van der Waals surface area contributed by atoms with Gasteiger partial charge in [-0.1, -0.05) is 30.0 Å². The summed E-state index contributed by atoms with van der Waals surface area (Å²) in [5.41, 5.74) is 3.07. The first-order valence-corrected chi connectivity index (χ1v) is 8.92. The van der Waals surface area contributed by atoms with Crippen LogP contribution in [0.15, 0.2) is 35.5 Å². The van der Waals surface area contributed by atoms with E-state index in [4.69, 9.17) is 9.47 Å². The van der Waals surface area contributed by atoms with E-state index >= 15 is 0 Å². The minimum Gasteiger partial charge on any atom is -0.463 e. The molecule has 2 aromatic rings. The fourth-order valence-electron chi connectivity index (χ4n) is 2.52. The summed E-state index contributed by atoms with van der Waals surface area (Å²) >= 11 is 1.46. The number of cyclic esters (lactones) is 1. The second kappa shape index (κ2) is 7.65. The topological polar surface area (TPSA) is 78.4 Å². The number of carbonyl (C=O) groups is 2. The van der Waals surface area contributed by atoms with Crippen LogP contribution in [0, 0.1) is 13.8 Å². The normalized spacial score (nSPS) is 16.6. The van der Waals surface area contributed by atoms with Crippen molar-refractivity contribution in [3.05, 3.63) is 52.8 Å². The van der Waals surface area contributed by atoms with Crippen molar-refractivity contribution in [2.45, 2.75) is 37.3 Å². The Bertz CT molecular complexity index is 789. The molecule has 0 N–H and O–H groups in total. The van der Waals surface area contributed by atoms with Gasteiger partial charge in [0.1, 0.15) is 0 Å². The van der Waals surface area contributed by atoms with Crippen molar-refractivity contribution in [2.75, 3.05) is 6.61 Å². The maximum atomic E-state index is 12.4. The van der Waals surface area contributed by atoms with E-state index in [1.807, 2.05) is 32.0 Å². The molecule has 130 valence electrons. The molecular weight excluding hydrogens is 340 g/mol. The molecule has 1 aliphatic rings. The molecule has 1 aliphatic heterocycles. The number of aromatic nitrogens is 2. The third-order valence-electron chi connectivity index (χ3n) is 3.69. The maximum Gasteiger partial charge on any atom is 0.347 e. The summed E-state index contributed by atoms with van der Waals surface area (Å²) in [5.74, 6) is -0.464. The zero-order valence-corrected chi connectivity index (χ0v) is 14.8. The van der Waals surface area contributed by atoms with Crippen molar-refractivity contribution in [3.63, 3.8) is 0 Å². The molecule has 7 heteroatoms. The molecule has 1 fully saturated rings. The van der Waals surface area contributed by atoms with Crippen molar-refractivity contribution in [2.24, 2.45) is 0 Å². The summed E-state index contributed by atoms with van der Waals surface area (Å²) in [7, 11) is 0. The number of benzene rings is 1. The fourth-order valence-corrected chi connectivity index (χ4v) is 3.48. The van der Waals surface area contributed by atoms with Crippen molar-refractivity contribution < 1.29 is 19.1 Å². The van der Waals surface area contributed by atoms with E-state index in [9.17, 15) is 9.59 Å². The van der Waals surface area contributed by atoms with Crippen LogP contribution in [0.2, 0.25) is 0 Å². The Kier molecular flexibility index (Phi) is 5.33. The molecule has 0 aliphatic carbocycles. The lowest BCUT2D eigenvalue weighted by molar-refractivity contribution is -0.145. The van der Waals surface area contributed by atoms with Gasteiger partial charge in [0.2, 0.25) is 6.10 Å². The number of rotatable bonds is 5. The average Bonchev–Trinajstić information content (AvgIpc) is 2.97. The highest BCUT2D eigenvalue weighted by atomic mass is 32.2. The Morgan fingerprint density at radius 3 is 2.68 bits per heavy atom. The molecule has 1 saturated heterocycles. The largest absolute Gasteiger partial charge is 0.463 e. The Hall–Kier alpha value is -2.41. The number of esters is 2. The number of aryl methyl sites for hydroxylation is 2. The lowest BCUT2D eigenvalue weighted by Gasteiger charge is -2.11. The second-order valence-electron chi connectivity index (χ2n) is 5.73. The monoisotopic (exact) mass is 358 g/mol. The Labute approximate surface area is 150 Å². The molecule has 0 spiro atoms. The van der Waals surface area contributed by atoms with Crippen LogP contribution in [0.1, 0.15) is 33.7 Å². The fraction of sp³-hybridized carbons (Fsp3) is 0.333. The number of ether oxygens (including phenoxy) is 2. The van der Waals surface area contributed by atoms with E-state index < -0.39 is 18.0 Å². The third kappa shape index (κ3) is 4.36. The SMILES string of the molecule is Cc1cc(C)nc(SCc2ccccc2C(=O)O[C@H]2CCOC2=O)n1. The molecule has 0 amide bonds. The van der Waals surface area contributed by atoms with Crippen molar-refractivity contribution in [1.29, 1.82) is 0 Å². The lowest BCUT2D eigenvalue weighted by atomic mass is 10.1. The number of thioether (sulfide) groups is 1. The van der Waals surface area contributed by atoms with Gasteiger partial charge in [0.15, 0.2) is 5.16 Å². The van der Waals surface area contributed by atoms with Gasteiger partial charge in [-0.2, -0.15) is 0 Å². The highest BCUT2D eigenvalue weighted by molar-refractivity contribution is 7.98. The Balaban J connectivity index is 1.72. The predicted molar refractivity (Wildman–Crippen MR) is 92.3 cm³/mol. The predicted octanol–water partition coefficient (Wildman–Crippen LogP) is 2.86. The van der Waals surface area contributed by atoms with E-state index in [0.29, 0.717) is 29.5 Å². The van der Waals surface area contributed by atoms with E-state index in [1.165, 1.54) is 11.8 Å². The molecular formula is C18H18N2O4S. The summed E-state index contributed by atoms with van der Waals surface area (Å²) in [5, 5.41) is 0.667. The van der Waals surface area contributed by atoms with Gasteiger partial charge >= 0.3 is 11.9 Å². The number of hydrogen-bond acceptors (Lipinski definition) is 7. The summed E-state index contributed by atoms with van der Waals surface area (Å²) in [6, 6.07) is 9.10. The zero-order chi connectivity index (χ0) is 17.8. The molecule has 0 unspecified atom stereocenters. The maximum absolute atomic E-state index is 12.4. The smallest absolute Gasteiger partial charge is 0.347 e. The molecule has 0 saturated carbocycles. The van der Waals surface area contributed by atoms with Crippen LogP contribution in [0.25, 0.3) is 0 Å². The molecule has 1 aromatic heterocycles. The molecule has 6 nitrogen and oxygen atoms in total. The van der Waals surface area contributed by atoms with Gasteiger partial charge in [0.05, 0.1) is 12.2 Å². The first-order valence-electron chi connectivity index (χ1n) is 7.93. The van der Waals surface area contributed by atoms with Gasteiger partial charge in [-0.25, -0.2) is 19.6 Å². The van der Waals surface area contributed by atoms with Crippen LogP contribution in [0.5, 0.6) is 0 Å². The van der Waals surface area contributed by atoms with E-state index in [2.05, 4.69) is 9.97 Å². The Morgan fingerprint density at radius 1 is 1.28 bits per heavy atom. The van der Waals surface area contributed by atoms with E-state index in [1.54, 1.807) is 12.1 Å². The quantitative estimate of drug-likeness (QED) is 0.462. The summed E-state index contributed by atoms with van der Waals surface area (Å²) in [4.78, 5) is 32.7. The summed E-state index contributed by atoms with van der Waals surface area (Å²) in [6.45, 7) is 4.13. The number of carbonyl (C=O) groups excluding carboxylic acids is 2. The van der Waals surface area contributed by atoms with Crippen LogP contribution in [-0.4, -0.2) is 34.6 Å². The van der Waals surface area contributed by atoms with E-state index in [-0.39, 0.29) is 0 Å². The first-order chi connectivity index (χ1) is 12.0. The van der Waals surface area contributed by atoms with Gasteiger partial charge in [0, 0.05) is 23.6 Å². The molecule has 0 bridgehead atoms. The molecule has 0 radical (unpaired) electrons. The van der Waals surface area contributed by atoms with Gasteiger partial charge in [-0.05, 0) is 31.5 Å². The highest BCUT2D eigenvalue weighted by Gasteiger charge is 2.31. The zero-order valence-electron chi connectivity index (χ0n) is 14.0. The van der Waals surface area contributed by atoms with Crippen LogP contribution in [0.3, 0.4) is 0 Å². The molecule has 2 heterocycles. The van der Waals surface area contributed by atoms with Crippen LogP contribution in [-0.2, 0) is 20.0 Å². The van der Waals surface area contributed by atoms with Gasteiger partial charge in [-0.15, -0.1) is 0 Å². The standard InChI is InChI=1S/C18H18N2O4S/c1-11-9-12(2)20-18(19-11)25-10-13-5-3-4-6-14(13)16(21)24-15-7-8-23-17(15)22/h3-6,9,15H,7-8,10H2,1-2H3/t15-/m0/s1. The van der Waals surface area contributed by atoms with Crippen molar-refractivity contribution in [1.82, 2.24) is 9.97 Å². The molecule has 1 atom stereocenters. The van der Waals surface area contributed by atoms with Crippen molar-refractivity contribution >= 4 is 23.7 Å². The van der Waals surface area contributed by atoms with E-state index in [0.717, 1.165) is 17.0 Å². The van der Waals surface area contributed by atoms with Gasteiger partial charge in [0.25, 0.3) is 0 Å². The van der Waals surface area contributed by atoms with Crippen molar-refractivity contribution in [3.8, 4) is 0 Å². The second-order valence-corrected chi connectivity index (χ2v) is 6.67. The van der Waals surface area contributed by atoms with Gasteiger partial charge in [-0.3, -0.25) is 0 Å². The first kappa shape index (κ1) is 17.4. The minimum absolute atomic E-state index is 0.290.